The number of aromatic amines is 1. The molecule has 0 saturated heterocycles. The van der Waals surface area contributed by atoms with Crippen molar-refractivity contribution in [1.82, 2.24) is 19.6 Å². The predicted molar refractivity (Wildman–Crippen MR) is 122 cm³/mol. The number of hydrogen-bond donors (Lipinski definition) is 2. The van der Waals surface area contributed by atoms with Gasteiger partial charge in [0.2, 0.25) is 0 Å². The van der Waals surface area contributed by atoms with E-state index in [-0.39, 0.29) is 17.1 Å². The molecule has 6 nitrogen and oxygen atoms in total. The SMILES string of the molecule is NC1(C2=CCC(c3nc4ccn5c(=O)[nH]nc5c4cc3-c3ccccc3)C=C2)CCC1. The molecule has 3 N–H and O–H groups in total. The van der Waals surface area contributed by atoms with Crippen LogP contribution in [0.3, 0.4) is 0 Å². The van der Waals surface area contributed by atoms with Crippen molar-refractivity contribution in [3.8, 4) is 11.1 Å². The summed E-state index contributed by atoms with van der Waals surface area (Å²) >= 11 is 0. The van der Waals surface area contributed by atoms with E-state index in [9.17, 15) is 4.79 Å². The molecule has 6 heteroatoms. The molecule has 3 aromatic heterocycles. The first-order chi connectivity index (χ1) is 15.1. The van der Waals surface area contributed by atoms with Crippen LogP contribution < -0.4 is 11.4 Å². The fourth-order valence-corrected chi connectivity index (χ4v) is 4.80. The summed E-state index contributed by atoms with van der Waals surface area (Å²) in [6.45, 7) is 0. The quantitative estimate of drug-likeness (QED) is 0.533. The van der Waals surface area contributed by atoms with Crippen LogP contribution in [0.4, 0.5) is 0 Å². The summed E-state index contributed by atoms with van der Waals surface area (Å²) in [7, 11) is 0. The topological polar surface area (TPSA) is 89.1 Å². The van der Waals surface area contributed by atoms with E-state index in [1.165, 1.54) is 16.4 Å². The molecular formula is C25H23N5O. The average Bonchev–Trinajstić information content (AvgIpc) is 3.18. The van der Waals surface area contributed by atoms with Crippen LogP contribution in [0.15, 0.2) is 77.3 Å². The molecule has 1 fully saturated rings. The highest BCUT2D eigenvalue weighted by Crippen LogP contribution is 2.41. The number of pyridine rings is 2. The molecule has 31 heavy (non-hydrogen) atoms. The van der Waals surface area contributed by atoms with E-state index in [4.69, 9.17) is 10.7 Å². The highest BCUT2D eigenvalue weighted by molar-refractivity contribution is 5.94. The van der Waals surface area contributed by atoms with Gasteiger partial charge in [-0.25, -0.2) is 14.3 Å². The smallest absolute Gasteiger partial charge is 0.321 e. The summed E-state index contributed by atoms with van der Waals surface area (Å²) in [4.78, 5) is 17.1. The van der Waals surface area contributed by atoms with Crippen molar-refractivity contribution >= 4 is 16.6 Å². The Morgan fingerprint density at radius 1 is 1.16 bits per heavy atom. The van der Waals surface area contributed by atoms with Crippen LogP contribution in [-0.2, 0) is 0 Å². The average molecular weight is 409 g/mol. The Bertz CT molecular complexity index is 1420. The Balaban J connectivity index is 1.51. The van der Waals surface area contributed by atoms with Gasteiger partial charge in [-0.1, -0.05) is 48.6 Å². The molecule has 3 heterocycles. The molecule has 0 spiro atoms. The standard InChI is InChI=1S/C25H23N5O/c26-25(12-4-13-25)18-9-7-17(8-10-18)22-19(16-5-2-1-3-6-16)15-20-21(27-22)11-14-30-23(20)28-29-24(30)31/h1-3,5-7,9-11,14-15,17H,4,8,12-13,26H2,(H,29,31). The second kappa shape index (κ2) is 6.75. The number of H-pyrrole nitrogens is 1. The van der Waals surface area contributed by atoms with Crippen molar-refractivity contribution in [3.05, 3.63) is 88.6 Å². The van der Waals surface area contributed by atoms with E-state index in [0.29, 0.717) is 5.65 Å². The number of rotatable bonds is 3. The molecule has 4 aromatic rings. The molecule has 0 bridgehead atoms. The molecule has 1 saturated carbocycles. The summed E-state index contributed by atoms with van der Waals surface area (Å²) in [5.41, 5.74) is 12.0. The van der Waals surface area contributed by atoms with E-state index >= 15 is 0 Å². The number of nitrogens with one attached hydrogen (secondary N) is 1. The molecule has 154 valence electrons. The second-order valence-corrected chi connectivity index (χ2v) is 8.63. The van der Waals surface area contributed by atoms with Gasteiger partial charge in [-0.15, -0.1) is 0 Å². The molecule has 1 atom stereocenters. The molecule has 0 amide bonds. The highest BCUT2D eigenvalue weighted by Gasteiger charge is 2.36. The molecule has 1 aromatic carbocycles. The zero-order valence-electron chi connectivity index (χ0n) is 17.1. The summed E-state index contributed by atoms with van der Waals surface area (Å²) < 4.78 is 1.52. The van der Waals surface area contributed by atoms with E-state index in [1.54, 1.807) is 6.20 Å². The van der Waals surface area contributed by atoms with Gasteiger partial charge in [-0.2, -0.15) is 5.10 Å². The largest absolute Gasteiger partial charge is 0.347 e. The van der Waals surface area contributed by atoms with Gasteiger partial charge in [0.05, 0.1) is 11.2 Å². The Labute approximate surface area is 179 Å². The van der Waals surface area contributed by atoms with Crippen molar-refractivity contribution < 1.29 is 0 Å². The number of nitrogens with two attached hydrogens (primary N) is 1. The molecule has 1 unspecified atom stereocenters. The zero-order chi connectivity index (χ0) is 21.0. The van der Waals surface area contributed by atoms with Crippen molar-refractivity contribution in [1.29, 1.82) is 0 Å². The van der Waals surface area contributed by atoms with Gasteiger partial charge >= 0.3 is 5.69 Å². The normalized spacial score (nSPS) is 20.0. The summed E-state index contributed by atoms with van der Waals surface area (Å²) in [6, 6.07) is 14.3. The second-order valence-electron chi connectivity index (χ2n) is 8.63. The minimum absolute atomic E-state index is 0.140. The Kier molecular flexibility index (Phi) is 3.98. The third-order valence-corrected chi connectivity index (χ3v) is 6.76. The molecular weight excluding hydrogens is 386 g/mol. The first-order valence-electron chi connectivity index (χ1n) is 10.8. The summed E-state index contributed by atoms with van der Waals surface area (Å²) in [5, 5.41) is 7.62. The van der Waals surface area contributed by atoms with Gasteiger partial charge in [0.25, 0.3) is 0 Å². The monoisotopic (exact) mass is 409 g/mol. The zero-order valence-corrected chi connectivity index (χ0v) is 17.1. The number of aromatic nitrogens is 4. The van der Waals surface area contributed by atoms with Gasteiger partial charge in [-0.3, -0.25) is 4.98 Å². The number of benzene rings is 1. The van der Waals surface area contributed by atoms with Crippen molar-refractivity contribution in [2.24, 2.45) is 5.73 Å². The van der Waals surface area contributed by atoms with Crippen LogP contribution in [0.1, 0.15) is 37.3 Å². The Morgan fingerprint density at radius 2 is 2.00 bits per heavy atom. The predicted octanol–water partition coefficient (Wildman–Crippen LogP) is 4.09. The third-order valence-electron chi connectivity index (χ3n) is 6.76. The van der Waals surface area contributed by atoms with Gasteiger partial charge in [-0.05, 0) is 49.0 Å². The van der Waals surface area contributed by atoms with Gasteiger partial charge < -0.3 is 5.73 Å². The maximum Gasteiger partial charge on any atom is 0.347 e. The van der Waals surface area contributed by atoms with Crippen LogP contribution in [0.2, 0.25) is 0 Å². The number of nitrogens with zero attached hydrogens (tertiary/aromatic N) is 3. The lowest BCUT2D eigenvalue weighted by atomic mass is 9.70. The lowest BCUT2D eigenvalue weighted by Gasteiger charge is -2.40. The maximum absolute atomic E-state index is 12.0. The maximum atomic E-state index is 12.0. The molecule has 2 aliphatic carbocycles. The van der Waals surface area contributed by atoms with Gasteiger partial charge in [0, 0.05) is 28.6 Å². The molecule has 6 rings (SSSR count). The van der Waals surface area contributed by atoms with Crippen LogP contribution in [0, 0.1) is 0 Å². The fourth-order valence-electron chi connectivity index (χ4n) is 4.80. The van der Waals surface area contributed by atoms with Crippen molar-refractivity contribution in [3.63, 3.8) is 0 Å². The van der Waals surface area contributed by atoms with E-state index < -0.39 is 0 Å². The summed E-state index contributed by atoms with van der Waals surface area (Å²) in [5.74, 6) is 0.171. The number of hydrogen-bond acceptors (Lipinski definition) is 4. The molecule has 2 aliphatic rings. The Hall–Kier alpha value is -3.51. The lowest BCUT2D eigenvalue weighted by molar-refractivity contribution is 0.302. The van der Waals surface area contributed by atoms with Crippen molar-refractivity contribution in [2.75, 3.05) is 0 Å². The number of allylic oxidation sites excluding steroid dienone is 2. The Morgan fingerprint density at radius 3 is 2.71 bits per heavy atom. The van der Waals surface area contributed by atoms with Crippen LogP contribution in [0.5, 0.6) is 0 Å². The molecule has 0 radical (unpaired) electrons. The first-order valence-corrected chi connectivity index (χ1v) is 10.8. The van der Waals surface area contributed by atoms with Gasteiger partial charge in [0.1, 0.15) is 0 Å². The van der Waals surface area contributed by atoms with Gasteiger partial charge in [0.15, 0.2) is 5.65 Å². The fraction of sp³-hybridized carbons (Fsp3) is 0.240. The van der Waals surface area contributed by atoms with Crippen molar-refractivity contribution in [2.45, 2.75) is 37.1 Å². The summed E-state index contributed by atoms with van der Waals surface area (Å²) in [6.07, 6.45) is 12.7. The molecule has 0 aliphatic heterocycles. The minimum atomic E-state index is -0.248. The third kappa shape index (κ3) is 2.86. The van der Waals surface area contributed by atoms with E-state index in [0.717, 1.165) is 47.0 Å². The van der Waals surface area contributed by atoms with E-state index in [2.05, 4.69) is 46.6 Å². The number of fused-ring (bicyclic) bond motifs is 3. The van der Waals surface area contributed by atoms with Crippen LogP contribution in [0.25, 0.3) is 27.7 Å². The lowest BCUT2D eigenvalue weighted by Crippen LogP contribution is -2.48. The first kappa shape index (κ1) is 18.3. The van der Waals surface area contributed by atoms with Crippen LogP contribution >= 0.6 is 0 Å². The van der Waals surface area contributed by atoms with Crippen LogP contribution in [-0.4, -0.2) is 25.1 Å². The van der Waals surface area contributed by atoms with E-state index in [1.807, 2.05) is 24.3 Å². The highest BCUT2D eigenvalue weighted by atomic mass is 16.1. The minimum Gasteiger partial charge on any atom is -0.321 e.